The fourth-order valence-electron chi connectivity index (χ4n) is 1.57. The zero-order chi connectivity index (χ0) is 12.3. The van der Waals surface area contributed by atoms with Crippen molar-refractivity contribution in [3.8, 4) is 11.3 Å². The number of aliphatic hydroxyl groups excluding tert-OH is 1. The largest absolute Gasteiger partial charge is 0.396 e. The summed E-state index contributed by atoms with van der Waals surface area (Å²) in [5.74, 6) is 0.218. The van der Waals surface area contributed by atoms with Gasteiger partial charge in [0.25, 0.3) is 0 Å². The molecule has 0 spiro atoms. The Morgan fingerprint density at radius 1 is 1.18 bits per heavy atom. The van der Waals surface area contributed by atoms with Gasteiger partial charge in [-0.05, 0) is 15.9 Å². The van der Waals surface area contributed by atoms with E-state index in [2.05, 4.69) is 25.9 Å². The van der Waals surface area contributed by atoms with Crippen LogP contribution in [-0.4, -0.2) is 21.7 Å². The molecule has 1 heterocycles. The molecule has 0 fully saturated rings. The average molecular weight is 294 g/mol. The van der Waals surface area contributed by atoms with Crippen LogP contribution in [0.2, 0.25) is 0 Å². The highest BCUT2D eigenvalue weighted by atomic mass is 79.9. The first-order chi connectivity index (χ1) is 8.22. The van der Waals surface area contributed by atoms with Crippen molar-refractivity contribution < 1.29 is 5.11 Å². The van der Waals surface area contributed by atoms with E-state index in [1.54, 1.807) is 0 Å². The van der Waals surface area contributed by atoms with Crippen LogP contribution >= 0.6 is 15.9 Å². The zero-order valence-electron chi connectivity index (χ0n) is 9.10. The second-order valence-electron chi connectivity index (χ2n) is 3.53. The Morgan fingerprint density at radius 2 is 1.88 bits per heavy atom. The maximum absolute atomic E-state index is 8.97. The van der Waals surface area contributed by atoms with E-state index in [1.807, 2.05) is 30.3 Å². The number of anilines is 1. The molecule has 5 heteroatoms. The van der Waals surface area contributed by atoms with E-state index < -0.39 is 0 Å². The molecule has 0 unspecified atom stereocenters. The molecule has 2 rings (SSSR count). The summed E-state index contributed by atoms with van der Waals surface area (Å²) in [6.07, 6.45) is 0.452. The number of aromatic nitrogens is 2. The minimum atomic E-state index is 0.0310. The van der Waals surface area contributed by atoms with Crippen molar-refractivity contribution in [3.63, 3.8) is 0 Å². The lowest BCUT2D eigenvalue weighted by Crippen LogP contribution is -2.04. The normalized spacial score (nSPS) is 10.5. The van der Waals surface area contributed by atoms with Gasteiger partial charge in [-0.1, -0.05) is 30.3 Å². The molecule has 0 saturated carbocycles. The van der Waals surface area contributed by atoms with E-state index >= 15 is 0 Å². The van der Waals surface area contributed by atoms with Crippen LogP contribution in [-0.2, 0) is 6.42 Å². The van der Waals surface area contributed by atoms with Crippen LogP contribution < -0.4 is 5.73 Å². The summed E-state index contributed by atoms with van der Waals surface area (Å²) in [6, 6.07) is 9.72. The fraction of sp³-hybridized carbons (Fsp3) is 0.167. The van der Waals surface area contributed by atoms with E-state index in [0.29, 0.717) is 6.42 Å². The minimum Gasteiger partial charge on any atom is -0.396 e. The Balaban J connectivity index is 2.54. The molecule has 0 saturated heterocycles. The van der Waals surface area contributed by atoms with Crippen molar-refractivity contribution in [3.05, 3.63) is 40.5 Å². The van der Waals surface area contributed by atoms with Crippen LogP contribution in [0, 0.1) is 0 Å². The molecule has 0 aliphatic heterocycles. The van der Waals surface area contributed by atoms with Gasteiger partial charge in [-0.3, -0.25) is 0 Å². The van der Waals surface area contributed by atoms with Gasteiger partial charge in [-0.15, -0.1) is 0 Å². The predicted octanol–water partition coefficient (Wildman–Crippen LogP) is 2.02. The minimum absolute atomic E-state index is 0.0310. The lowest BCUT2D eigenvalue weighted by molar-refractivity contribution is 0.298. The quantitative estimate of drug-likeness (QED) is 0.908. The van der Waals surface area contributed by atoms with Gasteiger partial charge in [0.1, 0.15) is 0 Å². The third kappa shape index (κ3) is 2.62. The van der Waals surface area contributed by atoms with Crippen molar-refractivity contribution in [2.75, 3.05) is 12.3 Å². The smallest absolute Gasteiger partial charge is 0.220 e. The molecule has 0 bridgehead atoms. The number of rotatable bonds is 3. The molecular weight excluding hydrogens is 282 g/mol. The number of halogens is 1. The number of nitrogens with zero attached hydrogens (tertiary/aromatic N) is 2. The van der Waals surface area contributed by atoms with E-state index in [4.69, 9.17) is 10.8 Å². The van der Waals surface area contributed by atoms with Gasteiger partial charge >= 0.3 is 0 Å². The summed E-state index contributed by atoms with van der Waals surface area (Å²) in [5.41, 5.74) is 8.11. The number of aliphatic hydroxyl groups is 1. The molecule has 1 aromatic carbocycles. The number of hydrogen-bond donors (Lipinski definition) is 2. The van der Waals surface area contributed by atoms with Crippen LogP contribution in [0.3, 0.4) is 0 Å². The molecule has 0 aliphatic rings. The molecule has 0 radical (unpaired) electrons. The van der Waals surface area contributed by atoms with E-state index in [1.165, 1.54) is 0 Å². The summed E-state index contributed by atoms with van der Waals surface area (Å²) in [7, 11) is 0. The standard InChI is InChI=1S/C12H12BrN3O/c13-10-9(6-7-17)15-12(14)16-11(10)8-4-2-1-3-5-8/h1-5,17H,6-7H2,(H2,14,15,16). The molecule has 3 N–H and O–H groups in total. The highest BCUT2D eigenvalue weighted by molar-refractivity contribution is 9.10. The number of hydrogen-bond acceptors (Lipinski definition) is 4. The summed E-state index contributed by atoms with van der Waals surface area (Å²) < 4.78 is 0.784. The third-order valence-corrected chi connectivity index (χ3v) is 3.17. The fourth-order valence-corrected chi connectivity index (χ4v) is 2.18. The van der Waals surface area contributed by atoms with Crippen LogP contribution in [0.5, 0.6) is 0 Å². The predicted molar refractivity (Wildman–Crippen MR) is 70.4 cm³/mol. The first-order valence-electron chi connectivity index (χ1n) is 5.20. The summed E-state index contributed by atoms with van der Waals surface area (Å²) in [6.45, 7) is 0.0310. The maximum atomic E-state index is 8.97. The second kappa shape index (κ2) is 5.25. The topological polar surface area (TPSA) is 72.0 Å². The SMILES string of the molecule is Nc1nc(CCO)c(Br)c(-c2ccccc2)n1. The zero-order valence-corrected chi connectivity index (χ0v) is 10.7. The molecule has 88 valence electrons. The van der Waals surface area contributed by atoms with Crippen molar-refractivity contribution in [2.45, 2.75) is 6.42 Å². The van der Waals surface area contributed by atoms with E-state index in [0.717, 1.165) is 21.4 Å². The first kappa shape index (κ1) is 12.0. The van der Waals surface area contributed by atoms with Gasteiger partial charge in [0.05, 0.1) is 15.9 Å². The lowest BCUT2D eigenvalue weighted by atomic mass is 10.1. The van der Waals surface area contributed by atoms with Gasteiger partial charge in [0.15, 0.2) is 0 Å². The number of nitrogens with two attached hydrogens (primary N) is 1. The summed E-state index contributed by atoms with van der Waals surface area (Å²) in [4.78, 5) is 8.33. The highest BCUT2D eigenvalue weighted by Gasteiger charge is 2.12. The molecule has 0 aliphatic carbocycles. The Labute approximate surface area is 108 Å². The molecule has 17 heavy (non-hydrogen) atoms. The molecule has 1 aromatic heterocycles. The first-order valence-corrected chi connectivity index (χ1v) is 6.00. The molecule has 0 atom stereocenters. The molecule has 4 nitrogen and oxygen atoms in total. The number of benzene rings is 1. The summed E-state index contributed by atoms with van der Waals surface area (Å²) in [5, 5.41) is 8.97. The molecule has 0 amide bonds. The lowest BCUT2D eigenvalue weighted by Gasteiger charge is -2.09. The van der Waals surface area contributed by atoms with Crippen molar-refractivity contribution in [1.29, 1.82) is 0 Å². The Hall–Kier alpha value is -1.46. The van der Waals surface area contributed by atoms with Gasteiger partial charge < -0.3 is 10.8 Å². The molecular formula is C12H12BrN3O. The van der Waals surface area contributed by atoms with Crippen LogP contribution in [0.25, 0.3) is 11.3 Å². The number of nitrogen functional groups attached to an aromatic ring is 1. The third-order valence-electron chi connectivity index (χ3n) is 2.33. The highest BCUT2D eigenvalue weighted by Crippen LogP contribution is 2.29. The van der Waals surface area contributed by atoms with Gasteiger partial charge in [0.2, 0.25) is 5.95 Å². The van der Waals surface area contributed by atoms with Crippen molar-refractivity contribution >= 4 is 21.9 Å². The Kier molecular flexibility index (Phi) is 3.71. The van der Waals surface area contributed by atoms with Crippen LogP contribution in [0.1, 0.15) is 5.69 Å². The van der Waals surface area contributed by atoms with Gasteiger partial charge in [-0.25, -0.2) is 9.97 Å². The molecule has 2 aromatic rings. The van der Waals surface area contributed by atoms with E-state index in [9.17, 15) is 0 Å². The van der Waals surface area contributed by atoms with Crippen LogP contribution in [0.4, 0.5) is 5.95 Å². The monoisotopic (exact) mass is 293 g/mol. The van der Waals surface area contributed by atoms with E-state index in [-0.39, 0.29) is 12.6 Å². The second-order valence-corrected chi connectivity index (χ2v) is 4.32. The van der Waals surface area contributed by atoms with Gasteiger partial charge in [0, 0.05) is 18.6 Å². The van der Waals surface area contributed by atoms with Crippen LogP contribution in [0.15, 0.2) is 34.8 Å². The summed E-state index contributed by atoms with van der Waals surface area (Å²) >= 11 is 3.46. The Bertz CT molecular complexity index is 517. The van der Waals surface area contributed by atoms with Gasteiger partial charge in [-0.2, -0.15) is 0 Å². The van der Waals surface area contributed by atoms with Crippen molar-refractivity contribution in [2.24, 2.45) is 0 Å². The average Bonchev–Trinajstić information content (AvgIpc) is 2.35. The van der Waals surface area contributed by atoms with Crippen molar-refractivity contribution in [1.82, 2.24) is 9.97 Å². The maximum Gasteiger partial charge on any atom is 0.220 e. The Morgan fingerprint density at radius 3 is 2.53 bits per heavy atom.